The minimum Gasteiger partial charge on any atom is -0.497 e. The van der Waals surface area contributed by atoms with Crippen LogP contribution in [0.1, 0.15) is 19.3 Å². The molecular weight excluding hydrogens is 212 g/mol. The van der Waals surface area contributed by atoms with Crippen LogP contribution in [0.2, 0.25) is 0 Å². The molecule has 0 saturated carbocycles. The van der Waals surface area contributed by atoms with Crippen LogP contribution in [0, 0.1) is 5.92 Å². The molecule has 17 heavy (non-hydrogen) atoms. The molecule has 0 radical (unpaired) electrons. The van der Waals surface area contributed by atoms with Crippen molar-refractivity contribution in [2.75, 3.05) is 32.1 Å². The Morgan fingerprint density at radius 1 is 1.35 bits per heavy atom. The van der Waals surface area contributed by atoms with Gasteiger partial charge in [-0.25, -0.2) is 0 Å². The molecule has 1 heterocycles. The lowest BCUT2D eigenvalue weighted by Crippen LogP contribution is -2.28. The molecule has 1 aromatic carbocycles. The van der Waals surface area contributed by atoms with Crippen molar-refractivity contribution in [1.82, 2.24) is 5.32 Å². The second-order valence-electron chi connectivity index (χ2n) is 4.64. The Bertz CT molecular complexity index is 335. The molecule has 94 valence electrons. The van der Waals surface area contributed by atoms with Crippen molar-refractivity contribution in [3.63, 3.8) is 0 Å². The summed E-state index contributed by atoms with van der Waals surface area (Å²) < 4.78 is 5.20. The number of hydrogen-bond donors (Lipinski definition) is 2. The van der Waals surface area contributed by atoms with Crippen LogP contribution in [0.3, 0.4) is 0 Å². The van der Waals surface area contributed by atoms with Crippen molar-refractivity contribution in [2.24, 2.45) is 5.92 Å². The SMILES string of the molecule is COc1cccc(NCCC2CCNCC2)c1. The molecule has 1 saturated heterocycles. The van der Waals surface area contributed by atoms with Gasteiger partial charge in [0.15, 0.2) is 0 Å². The first-order valence-electron chi connectivity index (χ1n) is 6.47. The predicted octanol–water partition coefficient (Wildman–Crippen LogP) is 2.50. The summed E-state index contributed by atoms with van der Waals surface area (Å²) in [7, 11) is 1.70. The summed E-state index contributed by atoms with van der Waals surface area (Å²) in [6.45, 7) is 3.42. The molecule has 0 amide bonds. The zero-order valence-electron chi connectivity index (χ0n) is 10.5. The maximum absolute atomic E-state index is 5.20. The Morgan fingerprint density at radius 3 is 2.94 bits per heavy atom. The summed E-state index contributed by atoms with van der Waals surface area (Å²) in [5, 5.41) is 6.87. The maximum Gasteiger partial charge on any atom is 0.120 e. The van der Waals surface area contributed by atoms with E-state index in [1.54, 1.807) is 7.11 Å². The van der Waals surface area contributed by atoms with Crippen LogP contribution >= 0.6 is 0 Å². The van der Waals surface area contributed by atoms with Crippen molar-refractivity contribution in [2.45, 2.75) is 19.3 Å². The summed E-state index contributed by atoms with van der Waals surface area (Å²) in [6.07, 6.45) is 3.90. The van der Waals surface area contributed by atoms with E-state index >= 15 is 0 Å². The van der Waals surface area contributed by atoms with Crippen molar-refractivity contribution >= 4 is 5.69 Å². The van der Waals surface area contributed by atoms with Crippen LogP contribution < -0.4 is 15.4 Å². The van der Waals surface area contributed by atoms with Gasteiger partial charge >= 0.3 is 0 Å². The first-order valence-corrected chi connectivity index (χ1v) is 6.47. The standard InChI is InChI=1S/C14H22N2O/c1-17-14-4-2-3-13(11-14)16-10-7-12-5-8-15-9-6-12/h2-4,11-12,15-16H,5-10H2,1H3. The average molecular weight is 234 g/mol. The lowest BCUT2D eigenvalue weighted by Gasteiger charge is -2.22. The van der Waals surface area contributed by atoms with E-state index in [0.29, 0.717) is 0 Å². The van der Waals surface area contributed by atoms with Gasteiger partial charge in [0.2, 0.25) is 0 Å². The highest BCUT2D eigenvalue weighted by atomic mass is 16.5. The number of anilines is 1. The van der Waals surface area contributed by atoms with Crippen LogP contribution in [0.25, 0.3) is 0 Å². The maximum atomic E-state index is 5.20. The Kier molecular flexibility index (Phi) is 4.68. The van der Waals surface area contributed by atoms with E-state index in [9.17, 15) is 0 Å². The van der Waals surface area contributed by atoms with Crippen LogP contribution in [0.15, 0.2) is 24.3 Å². The normalized spacial score (nSPS) is 16.8. The lowest BCUT2D eigenvalue weighted by atomic mass is 9.95. The zero-order chi connectivity index (χ0) is 11.9. The molecule has 1 aliphatic rings. The Labute approximate surface area is 104 Å². The van der Waals surface area contributed by atoms with Gasteiger partial charge in [-0.3, -0.25) is 0 Å². The molecule has 0 aromatic heterocycles. The van der Waals surface area contributed by atoms with E-state index in [0.717, 1.165) is 23.9 Å². The van der Waals surface area contributed by atoms with E-state index in [4.69, 9.17) is 4.74 Å². The first-order chi connectivity index (χ1) is 8.38. The van der Waals surface area contributed by atoms with Gasteiger partial charge in [0.25, 0.3) is 0 Å². The summed E-state index contributed by atoms with van der Waals surface area (Å²) in [5.74, 6) is 1.80. The molecule has 0 spiro atoms. The van der Waals surface area contributed by atoms with Crippen molar-refractivity contribution in [1.29, 1.82) is 0 Å². The van der Waals surface area contributed by atoms with Gasteiger partial charge in [-0.2, -0.15) is 0 Å². The van der Waals surface area contributed by atoms with E-state index in [-0.39, 0.29) is 0 Å². The highest BCUT2D eigenvalue weighted by Crippen LogP contribution is 2.19. The van der Waals surface area contributed by atoms with Gasteiger partial charge in [0.1, 0.15) is 5.75 Å². The molecule has 0 aliphatic carbocycles. The van der Waals surface area contributed by atoms with Crippen molar-refractivity contribution in [3.05, 3.63) is 24.3 Å². The number of piperidine rings is 1. The topological polar surface area (TPSA) is 33.3 Å². The molecule has 0 atom stereocenters. The van der Waals surface area contributed by atoms with Gasteiger partial charge < -0.3 is 15.4 Å². The smallest absolute Gasteiger partial charge is 0.120 e. The zero-order valence-corrected chi connectivity index (χ0v) is 10.5. The fraction of sp³-hybridized carbons (Fsp3) is 0.571. The van der Waals surface area contributed by atoms with Gasteiger partial charge in [0, 0.05) is 18.3 Å². The summed E-state index contributed by atoms with van der Waals surface area (Å²) in [5.41, 5.74) is 1.15. The minimum atomic E-state index is 0.884. The Balaban J connectivity index is 1.73. The van der Waals surface area contributed by atoms with E-state index in [2.05, 4.69) is 16.7 Å². The number of rotatable bonds is 5. The molecule has 0 unspecified atom stereocenters. The quantitative estimate of drug-likeness (QED) is 0.821. The second kappa shape index (κ2) is 6.50. The number of hydrogen-bond acceptors (Lipinski definition) is 3. The number of nitrogens with one attached hydrogen (secondary N) is 2. The van der Waals surface area contributed by atoms with E-state index < -0.39 is 0 Å². The summed E-state index contributed by atoms with van der Waals surface area (Å²) in [4.78, 5) is 0. The second-order valence-corrected chi connectivity index (χ2v) is 4.64. The van der Waals surface area contributed by atoms with Gasteiger partial charge in [-0.15, -0.1) is 0 Å². The predicted molar refractivity (Wildman–Crippen MR) is 71.7 cm³/mol. The fourth-order valence-electron chi connectivity index (χ4n) is 2.32. The fourth-order valence-corrected chi connectivity index (χ4v) is 2.32. The molecular formula is C14H22N2O. The number of ether oxygens (including phenoxy) is 1. The third kappa shape index (κ3) is 3.93. The van der Waals surface area contributed by atoms with Crippen LogP contribution in [0.5, 0.6) is 5.75 Å². The first kappa shape index (κ1) is 12.2. The van der Waals surface area contributed by atoms with E-state index in [1.165, 1.54) is 32.4 Å². The van der Waals surface area contributed by atoms with Gasteiger partial charge in [0.05, 0.1) is 7.11 Å². The van der Waals surface area contributed by atoms with E-state index in [1.807, 2.05) is 18.2 Å². The summed E-state index contributed by atoms with van der Waals surface area (Å²) in [6, 6.07) is 8.12. The van der Waals surface area contributed by atoms with Crippen molar-refractivity contribution in [3.8, 4) is 5.75 Å². The van der Waals surface area contributed by atoms with Crippen molar-refractivity contribution < 1.29 is 4.74 Å². The number of methoxy groups -OCH3 is 1. The monoisotopic (exact) mass is 234 g/mol. The molecule has 2 N–H and O–H groups in total. The summed E-state index contributed by atoms with van der Waals surface area (Å²) >= 11 is 0. The molecule has 1 aliphatic heterocycles. The van der Waals surface area contributed by atoms with Crippen LogP contribution in [-0.4, -0.2) is 26.7 Å². The highest BCUT2D eigenvalue weighted by molar-refractivity contribution is 5.47. The lowest BCUT2D eigenvalue weighted by molar-refractivity contribution is 0.361. The molecule has 0 bridgehead atoms. The minimum absolute atomic E-state index is 0.884. The molecule has 2 rings (SSSR count). The van der Waals surface area contributed by atoms with Crippen LogP contribution in [0.4, 0.5) is 5.69 Å². The third-order valence-corrected chi connectivity index (χ3v) is 3.41. The molecule has 3 heteroatoms. The molecule has 3 nitrogen and oxygen atoms in total. The van der Waals surface area contributed by atoms with Gasteiger partial charge in [-0.05, 0) is 50.4 Å². The third-order valence-electron chi connectivity index (χ3n) is 3.41. The Morgan fingerprint density at radius 2 is 2.18 bits per heavy atom. The van der Waals surface area contributed by atoms with Crippen LogP contribution in [-0.2, 0) is 0 Å². The number of benzene rings is 1. The van der Waals surface area contributed by atoms with Gasteiger partial charge in [-0.1, -0.05) is 6.07 Å². The molecule has 1 fully saturated rings. The largest absolute Gasteiger partial charge is 0.497 e. The average Bonchev–Trinajstić information content (AvgIpc) is 2.40. The Hall–Kier alpha value is -1.22. The highest BCUT2D eigenvalue weighted by Gasteiger charge is 2.11. The molecule has 1 aromatic rings.